The second-order valence-electron chi connectivity index (χ2n) is 5.18. The molecule has 0 spiro atoms. The smallest absolute Gasteiger partial charge is 0.238 e. The number of anilines is 1. The quantitative estimate of drug-likeness (QED) is 0.649. The Morgan fingerprint density at radius 3 is 2.44 bits per heavy atom. The third kappa shape index (κ3) is 6.35. The van der Waals surface area contributed by atoms with E-state index in [9.17, 15) is 4.79 Å². The fraction of sp³-hybridized carbons (Fsp3) is 0.316. The Kier molecular flexibility index (Phi) is 7.59. The van der Waals surface area contributed by atoms with Gasteiger partial charge in [0.15, 0.2) is 0 Å². The van der Waals surface area contributed by atoms with Gasteiger partial charge in [0.25, 0.3) is 0 Å². The average Bonchev–Trinajstić information content (AvgIpc) is 2.64. The second kappa shape index (κ2) is 10.2. The Balaban J connectivity index is 1.67. The first-order chi connectivity index (χ1) is 12.2. The molecular weight excluding hydrogens is 320 g/mol. The Hall–Kier alpha value is -2.73. The molecule has 2 aromatic rings. The molecule has 25 heavy (non-hydrogen) atoms. The van der Waals surface area contributed by atoms with Crippen LogP contribution in [0.1, 0.15) is 6.92 Å². The molecular formula is C19H24N2O4. The van der Waals surface area contributed by atoms with Gasteiger partial charge in [-0.3, -0.25) is 4.79 Å². The molecule has 0 aliphatic rings. The molecule has 134 valence electrons. The molecule has 0 unspecified atom stereocenters. The third-order valence-electron chi connectivity index (χ3n) is 3.35. The van der Waals surface area contributed by atoms with E-state index < -0.39 is 0 Å². The summed E-state index contributed by atoms with van der Waals surface area (Å²) in [7, 11) is 1.62. The summed E-state index contributed by atoms with van der Waals surface area (Å²) in [6.45, 7) is 3.69. The lowest BCUT2D eigenvalue weighted by atomic mass is 10.3. The molecule has 6 heteroatoms. The number of amides is 1. The van der Waals surface area contributed by atoms with Crippen LogP contribution in [0.5, 0.6) is 17.2 Å². The first-order valence-electron chi connectivity index (χ1n) is 8.22. The minimum atomic E-state index is -0.128. The zero-order chi connectivity index (χ0) is 17.9. The number of carbonyl (C=O) groups is 1. The van der Waals surface area contributed by atoms with Crippen molar-refractivity contribution in [3.63, 3.8) is 0 Å². The van der Waals surface area contributed by atoms with Gasteiger partial charge in [0.2, 0.25) is 5.91 Å². The van der Waals surface area contributed by atoms with Crippen LogP contribution in [0.4, 0.5) is 5.69 Å². The molecule has 0 aliphatic carbocycles. The summed E-state index contributed by atoms with van der Waals surface area (Å²) in [6, 6.07) is 14.7. The first kappa shape index (κ1) is 18.6. The van der Waals surface area contributed by atoms with Gasteiger partial charge in [-0.1, -0.05) is 12.1 Å². The molecule has 2 aromatic carbocycles. The Morgan fingerprint density at radius 1 is 1.00 bits per heavy atom. The Labute approximate surface area is 148 Å². The standard InChI is InChI=1S/C19H24N2O4/c1-3-24-18-7-5-4-6-17(18)21-19(22)14-20-12-13-25-16-10-8-15(23-2)9-11-16/h4-11,20H,3,12-14H2,1-2H3,(H,21,22). The largest absolute Gasteiger partial charge is 0.497 e. The predicted octanol–water partition coefficient (Wildman–Crippen LogP) is 2.70. The summed E-state index contributed by atoms with van der Waals surface area (Å²) < 4.78 is 16.2. The summed E-state index contributed by atoms with van der Waals surface area (Å²) in [5.41, 5.74) is 0.672. The first-order valence-corrected chi connectivity index (χ1v) is 8.22. The summed E-state index contributed by atoms with van der Waals surface area (Å²) >= 11 is 0. The van der Waals surface area contributed by atoms with Crippen LogP contribution in [0.25, 0.3) is 0 Å². The number of benzene rings is 2. The van der Waals surface area contributed by atoms with Crippen molar-refractivity contribution in [1.29, 1.82) is 0 Å². The summed E-state index contributed by atoms with van der Waals surface area (Å²) in [5, 5.41) is 5.88. The number of hydrogen-bond donors (Lipinski definition) is 2. The minimum absolute atomic E-state index is 0.128. The van der Waals surface area contributed by atoms with Gasteiger partial charge >= 0.3 is 0 Å². The lowest BCUT2D eigenvalue weighted by Crippen LogP contribution is -2.31. The molecule has 0 aromatic heterocycles. The minimum Gasteiger partial charge on any atom is -0.497 e. The molecule has 0 radical (unpaired) electrons. The summed E-state index contributed by atoms with van der Waals surface area (Å²) in [5.74, 6) is 2.09. The molecule has 0 aliphatic heterocycles. The van der Waals surface area contributed by atoms with Crippen LogP contribution in [-0.2, 0) is 4.79 Å². The van der Waals surface area contributed by atoms with E-state index in [2.05, 4.69) is 10.6 Å². The number of hydrogen-bond acceptors (Lipinski definition) is 5. The molecule has 0 heterocycles. The van der Waals surface area contributed by atoms with Crippen LogP contribution in [0.2, 0.25) is 0 Å². The van der Waals surface area contributed by atoms with Crippen molar-refractivity contribution in [2.75, 3.05) is 38.7 Å². The highest BCUT2D eigenvalue weighted by Gasteiger charge is 2.06. The molecule has 0 saturated heterocycles. The molecule has 0 atom stereocenters. The lowest BCUT2D eigenvalue weighted by molar-refractivity contribution is -0.115. The van der Waals surface area contributed by atoms with Gasteiger partial charge in [0, 0.05) is 6.54 Å². The van der Waals surface area contributed by atoms with Crippen LogP contribution in [0, 0.1) is 0 Å². The van der Waals surface area contributed by atoms with Crippen LogP contribution >= 0.6 is 0 Å². The highest BCUT2D eigenvalue weighted by Crippen LogP contribution is 2.23. The fourth-order valence-corrected chi connectivity index (χ4v) is 2.16. The van der Waals surface area contributed by atoms with Crippen molar-refractivity contribution in [2.45, 2.75) is 6.92 Å². The maximum atomic E-state index is 12.0. The molecule has 1 amide bonds. The van der Waals surface area contributed by atoms with Gasteiger partial charge in [0.1, 0.15) is 23.9 Å². The zero-order valence-electron chi connectivity index (χ0n) is 14.6. The summed E-state index contributed by atoms with van der Waals surface area (Å²) in [4.78, 5) is 12.0. The molecule has 0 saturated carbocycles. The Bertz CT molecular complexity index is 659. The number of rotatable bonds is 10. The van der Waals surface area contributed by atoms with E-state index in [1.54, 1.807) is 7.11 Å². The number of carbonyl (C=O) groups excluding carboxylic acids is 1. The maximum Gasteiger partial charge on any atom is 0.238 e. The normalized spacial score (nSPS) is 10.2. The van der Waals surface area contributed by atoms with Gasteiger partial charge in [-0.15, -0.1) is 0 Å². The van der Waals surface area contributed by atoms with Crippen molar-refractivity contribution in [3.05, 3.63) is 48.5 Å². The van der Waals surface area contributed by atoms with Crippen LogP contribution in [0.15, 0.2) is 48.5 Å². The molecule has 6 nitrogen and oxygen atoms in total. The monoisotopic (exact) mass is 344 g/mol. The van der Waals surface area contributed by atoms with Crippen molar-refractivity contribution >= 4 is 11.6 Å². The SMILES string of the molecule is CCOc1ccccc1NC(=O)CNCCOc1ccc(OC)cc1. The number of ether oxygens (including phenoxy) is 3. The third-order valence-corrected chi connectivity index (χ3v) is 3.35. The van der Waals surface area contributed by atoms with E-state index in [0.29, 0.717) is 31.2 Å². The average molecular weight is 344 g/mol. The van der Waals surface area contributed by atoms with Gasteiger partial charge in [-0.2, -0.15) is 0 Å². The molecule has 2 rings (SSSR count). The number of para-hydroxylation sites is 2. The van der Waals surface area contributed by atoms with Crippen molar-refractivity contribution in [3.8, 4) is 17.2 Å². The topological polar surface area (TPSA) is 68.8 Å². The van der Waals surface area contributed by atoms with E-state index in [0.717, 1.165) is 11.5 Å². The van der Waals surface area contributed by atoms with Crippen LogP contribution in [0.3, 0.4) is 0 Å². The van der Waals surface area contributed by atoms with Crippen LogP contribution < -0.4 is 24.8 Å². The fourth-order valence-electron chi connectivity index (χ4n) is 2.16. The second-order valence-corrected chi connectivity index (χ2v) is 5.18. The van der Waals surface area contributed by atoms with Gasteiger partial charge in [0.05, 0.1) is 25.9 Å². The van der Waals surface area contributed by atoms with E-state index in [-0.39, 0.29) is 12.5 Å². The van der Waals surface area contributed by atoms with Gasteiger partial charge < -0.3 is 24.8 Å². The maximum absolute atomic E-state index is 12.0. The van der Waals surface area contributed by atoms with E-state index in [4.69, 9.17) is 14.2 Å². The van der Waals surface area contributed by atoms with E-state index in [1.807, 2.05) is 55.5 Å². The summed E-state index contributed by atoms with van der Waals surface area (Å²) in [6.07, 6.45) is 0. The zero-order valence-corrected chi connectivity index (χ0v) is 14.6. The highest BCUT2D eigenvalue weighted by atomic mass is 16.5. The van der Waals surface area contributed by atoms with Crippen molar-refractivity contribution < 1.29 is 19.0 Å². The predicted molar refractivity (Wildman–Crippen MR) is 97.6 cm³/mol. The van der Waals surface area contributed by atoms with Gasteiger partial charge in [-0.05, 0) is 43.3 Å². The van der Waals surface area contributed by atoms with E-state index in [1.165, 1.54) is 0 Å². The molecule has 0 fully saturated rings. The van der Waals surface area contributed by atoms with Crippen molar-refractivity contribution in [2.24, 2.45) is 0 Å². The highest BCUT2D eigenvalue weighted by molar-refractivity contribution is 5.93. The van der Waals surface area contributed by atoms with Crippen LogP contribution in [-0.4, -0.2) is 39.3 Å². The van der Waals surface area contributed by atoms with Crippen molar-refractivity contribution in [1.82, 2.24) is 5.32 Å². The van der Waals surface area contributed by atoms with Gasteiger partial charge in [-0.25, -0.2) is 0 Å². The molecule has 2 N–H and O–H groups in total. The number of nitrogens with one attached hydrogen (secondary N) is 2. The Morgan fingerprint density at radius 2 is 1.72 bits per heavy atom. The lowest BCUT2D eigenvalue weighted by Gasteiger charge is -2.12. The molecule has 0 bridgehead atoms. The number of methoxy groups -OCH3 is 1. The van der Waals surface area contributed by atoms with E-state index >= 15 is 0 Å².